The fourth-order valence-electron chi connectivity index (χ4n) is 2.01. The van der Waals surface area contributed by atoms with Crippen molar-refractivity contribution in [2.24, 2.45) is 11.7 Å². The highest BCUT2D eigenvalue weighted by Gasteiger charge is 2.24. The van der Waals surface area contributed by atoms with Crippen LogP contribution in [0.1, 0.15) is 39.5 Å². The molecule has 0 bridgehead atoms. The molecule has 4 heteroatoms. The second-order valence-corrected chi connectivity index (χ2v) is 5.04. The fourth-order valence-corrected chi connectivity index (χ4v) is 2.01. The van der Waals surface area contributed by atoms with Crippen molar-refractivity contribution in [1.29, 1.82) is 0 Å². The van der Waals surface area contributed by atoms with E-state index < -0.39 is 11.4 Å². The molecule has 0 aromatic rings. The van der Waals surface area contributed by atoms with Gasteiger partial charge in [-0.15, -0.1) is 0 Å². The summed E-state index contributed by atoms with van der Waals surface area (Å²) >= 11 is 0. The fraction of sp³-hybridized carbons (Fsp3) is 0.667. The van der Waals surface area contributed by atoms with Crippen LogP contribution in [0, 0.1) is 5.92 Å². The predicted molar refractivity (Wildman–Crippen MR) is 62.5 cm³/mol. The Morgan fingerprint density at radius 2 is 2.19 bits per heavy atom. The van der Waals surface area contributed by atoms with Gasteiger partial charge in [0.2, 0.25) is 11.8 Å². The monoisotopic (exact) mass is 224 g/mol. The molecule has 0 radical (unpaired) electrons. The van der Waals surface area contributed by atoms with Crippen molar-refractivity contribution in [1.82, 2.24) is 5.32 Å². The highest BCUT2D eigenvalue weighted by atomic mass is 16.2. The van der Waals surface area contributed by atoms with Gasteiger partial charge in [-0.05, 0) is 32.6 Å². The normalized spacial score (nSPS) is 19.8. The summed E-state index contributed by atoms with van der Waals surface area (Å²) in [4.78, 5) is 22.5. The second-order valence-electron chi connectivity index (χ2n) is 5.04. The summed E-state index contributed by atoms with van der Waals surface area (Å²) in [6.07, 6.45) is 6.96. The van der Waals surface area contributed by atoms with Crippen molar-refractivity contribution in [2.45, 2.75) is 45.1 Å². The smallest absolute Gasteiger partial charge is 0.221 e. The first kappa shape index (κ1) is 12.7. The van der Waals surface area contributed by atoms with E-state index in [0.29, 0.717) is 12.3 Å². The molecule has 3 N–H and O–H groups in total. The van der Waals surface area contributed by atoms with Gasteiger partial charge in [-0.2, -0.15) is 0 Å². The summed E-state index contributed by atoms with van der Waals surface area (Å²) in [7, 11) is 0. The molecule has 4 nitrogen and oxygen atoms in total. The Hall–Kier alpha value is -1.32. The highest BCUT2D eigenvalue weighted by Crippen LogP contribution is 2.20. The maximum atomic E-state index is 11.7. The van der Waals surface area contributed by atoms with E-state index in [2.05, 4.69) is 17.5 Å². The molecular weight excluding hydrogens is 204 g/mol. The summed E-state index contributed by atoms with van der Waals surface area (Å²) in [5, 5.41) is 2.84. The molecule has 0 aromatic heterocycles. The van der Waals surface area contributed by atoms with Crippen LogP contribution >= 0.6 is 0 Å². The van der Waals surface area contributed by atoms with Crippen LogP contribution < -0.4 is 11.1 Å². The lowest BCUT2D eigenvalue weighted by molar-refractivity contribution is -0.124. The first-order valence-electron chi connectivity index (χ1n) is 5.65. The number of allylic oxidation sites excluding steroid dienone is 2. The van der Waals surface area contributed by atoms with Crippen LogP contribution in [0.15, 0.2) is 12.2 Å². The molecule has 0 spiro atoms. The lowest BCUT2D eigenvalue weighted by Crippen LogP contribution is -2.46. The van der Waals surface area contributed by atoms with Crippen LogP contribution in [-0.2, 0) is 9.59 Å². The molecule has 90 valence electrons. The molecule has 0 saturated carbocycles. The van der Waals surface area contributed by atoms with Crippen LogP contribution in [0.2, 0.25) is 0 Å². The number of hydrogen-bond donors (Lipinski definition) is 2. The Kier molecular flexibility index (Phi) is 4.10. The van der Waals surface area contributed by atoms with Gasteiger partial charge < -0.3 is 11.1 Å². The van der Waals surface area contributed by atoms with Gasteiger partial charge in [0, 0.05) is 18.4 Å². The zero-order valence-corrected chi connectivity index (χ0v) is 9.95. The predicted octanol–water partition coefficient (Wildman–Crippen LogP) is 1.11. The minimum Gasteiger partial charge on any atom is -0.370 e. The lowest BCUT2D eigenvalue weighted by atomic mass is 9.98. The molecular formula is C12H20N2O2. The molecule has 2 amide bonds. The van der Waals surface area contributed by atoms with Gasteiger partial charge in [0.05, 0.1) is 0 Å². The zero-order chi connectivity index (χ0) is 12.2. The number of carbonyl (C=O) groups excluding carboxylic acids is 2. The summed E-state index contributed by atoms with van der Waals surface area (Å²) in [6.45, 7) is 3.61. The molecule has 1 atom stereocenters. The molecule has 1 unspecified atom stereocenters. The molecule has 0 fully saturated rings. The van der Waals surface area contributed by atoms with E-state index >= 15 is 0 Å². The van der Waals surface area contributed by atoms with Crippen molar-refractivity contribution in [3.05, 3.63) is 12.2 Å². The van der Waals surface area contributed by atoms with E-state index in [4.69, 9.17) is 5.73 Å². The van der Waals surface area contributed by atoms with Crippen molar-refractivity contribution in [2.75, 3.05) is 0 Å². The van der Waals surface area contributed by atoms with Gasteiger partial charge in [0.15, 0.2) is 0 Å². The maximum Gasteiger partial charge on any atom is 0.221 e. The first-order chi connectivity index (χ1) is 7.39. The molecule has 0 aliphatic heterocycles. The third kappa shape index (κ3) is 4.47. The third-order valence-corrected chi connectivity index (χ3v) is 2.65. The quantitative estimate of drug-likeness (QED) is 0.687. The van der Waals surface area contributed by atoms with Crippen LogP contribution in [0.5, 0.6) is 0 Å². The van der Waals surface area contributed by atoms with E-state index in [1.165, 1.54) is 0 Å². The summed E-state index contributed by atoms with van der Waals surface area (Å²) < 4.78 is 0. The average molecular weight is 224 g/mol. The Balaban J connectivity index is 2.37. The van der Waals surface area contributed by atoms with Crippen LogP contribution in [-0.4, -0.2) is 17.4 Å². The standard InChI is InChI=1S/C12H20N2O2/c1-12(2,8-10(13)15)14-11(16)7-9-5-3-4-6-9/h3,5,9H,4,6-8H2,1-2H3,(H2,13,15)(H,14,16). The molecule has 0 aromatic carbocycles. The lowest BCUT2D eigenvalue weighted by Gasteiger charge is -2.25. The Bertz CT molecular complexity index is 308. The van der Waals surface area contributed by atoms with Gasteiger partial charge in [-0.3, -0.25) is 9.59 Å². The Morgan fingerprint density at radius 3 is 2.69 bits per heavy atom. The van der Waals surface area contributed by atoms with E-state index in [9.17, 15) is 9.59 Å². The van der Waals surface area contributed by atoms with E-state index in [0.717, 1.165) is 12.8 Å². The Labute approximate surface area is 96.3 Å². The number of amides is 2. The number of nitrogens with one attached hydrogen (secondary N) is 1. The van der Waals surface area contributed by atoms with Crippen molar-refractivity contribution in [3.63, 3.8) is 0 Å². The average Bonchev–Trinajstić information content (AvgIpc) is 2.51. The van der Waals surface area contributed by atoms with Gasteiger partial charge >= 0.3 is 0 Å². The molecule has 16 heavy (non-hydrogen) atoms. The minimum absolute atomic E-state index is 0.0113. The summed E-state index contributed by atoms with van der Waals surface area (Å²) in [6, 6.07) is 0. The van der Waals surface area contributed by atoms with Crippen LogP contribution in [0.4, 0.5) is 0 Å². The van der Waals surface area contributed by atoms with Crippen LogP contribution in [0.3, 0.4) is 0 Å². The summed E-state index contributed by atoms with van der Waals surface area (Å²) in [5.74, 6) is -0.0572. The van der Waals surface area contributed by atoms with Gasteiger partial charge in [0.25, 0.3) is 0 Å². The van der Waals surface area contributed by atoms with E-state index in [-0.39, 0.29) is 12.3 Å². The third-order valence-electron chi connectivity index (χ3n) is 2.65. The zero-order valence-electron chi connectivity index (χ0n) is 9.95. The minimum atomic E-state index is -0.550. The highest BCUT2D eigenvalue weighted by molar-refractivity contribution is 5.80. The maximum absolute atomic E-state index is 11.7. The Morgan fingerprint density at radius 1 is 1.50 bits per heavy atom. The van der Waals surface area contributed by atoms with Gasteiger partial charge in [-0.25, -0.2) is 0 Å². The molecule has 1 rings (SSSR count). The van der Waals surface area contributed by atoms with Crippen molar-refractivity contribution < 1.29 is 9.59 Å². The van der Waals surface area contributed by atoms with E-state index in [1.807, 2.05) is 0 Å². The molecule has 0 heterocycles. The number of rotatable bonds is 5. The van der Waals surface area contributed by atoms with Crippen molar-refractivity contribution in [3.8, 4) is 0 Å². The topological polar surface area (TPSA) is 72.2 Å². The SMILES string of the molecule is CC(C)(CC(N)=O)NC(=O)CC1C=CCC1. The van der Waals surface area contributed by atoms with Gasteiger partial charge in [0.1, 0.15) is 0 Å². The number of nitrogens with two attached hydrogens (primary N) is 1. The molecule has 1 aliphatic rings. The number of hydrogen-bond acceptors (Lipinski definition) is 2. The van der Waals surface area contributed by atoms with Crippen molar-refractivity contribution >= 4 is 11.8 Å². The number of primary amides is 1. The second kappa shape index (κ2) is 5.14. The van der Waals surface area contributed by atoms with E-state index in [1.54, 1.807) is 13.8 Å². The molecule has 0 saturated heterocycles. The van der Waals surface area contributed by atoms with Gasteiger partial charge in [-0.1, -0.05) is 12.2 Å². The number of carbonyl (C=O) groups is 2. The largest absolute Gasteiger partial charge is 0.370 e. The van der Waals surface area contributed by atoms with Crippen LogP contribution in [0.25, 0.3) is 0 Å². The molecule has 1 aliphatic carbocycles. The summed E-state index contributed by atoms with van der Waals surface area (Å²) in [5.41, 5.74) is 4.57. The first-order valence-corrected chi connectivity index (χ1v) is 5.65.